The molecule has 1 unspecified atom stereocenters. The summed E-state index contributed by atoms with van der Waals surface area (Å²) >= 11 is 0. The standard InChI is InChI=1S/C16H27NO2/c1-4-12-17-15(11-13-18-2)8-5-14-6-9-16(19-3)10-7-14/h6-7,9-10,15,17H,4-5,8,11-13H2,1-3H3. The monoisotopic (exact) mass is 265 g/mol. The average molecular weight is 265 g/mol. The number of nitrogens with one attached hydrogen (secondary N) is 1. The van der Waals surface area contributed by atoms with Gasteiger partial charge in [-0.1, -0.05) is 19.1 Å². The molecule has 1 aromatic rings. The van der Waals surface area contributed by atoms with Gasteiger partial charge in [-0.05, 0) is 49.9 Å². The van der Waals surface area contributed by atoms with Gasteiger partial charge in [-0.3, -0.25) is 0 Å². The van der Waals surface area contributed by atoms with Crippen molar-refractivity contribution in [3.63, 3.8) is 0 Å². The molecule has 0 heterocycles. The largest absolute Gasteiger partial charge is 0.497 e. The molecule has 0 aromatic heterocycles. The normalized spacial score (nSPS) is 12.4. The molecule has 3 heteroatoms. The summed E-state index contributed by atoms with van der Waals surface area (Å²) in [7, 11) is 3.46. The molecule has 0 saturated carbocycles. The fourth-order valence-electron chi connectivity index (χ4n) is 2.09. The lowest BCUT2D eigenvalue weighted by Crippen LogP contribution is -2.31. The molecule has 1 rings (SSSR count). The van der Waals surface area contributed by atoms with E-state index in [9.17, 15) is 0 Å². The molecule has 1 N–H and O–H groups in total. The van der Waals surface area contributed by atoms with Gasteiger partial charge in [0.15, 0.2) is 0 Å². The number of hydrogen-bond acceptors (Lipinski definition) is 3. The van der Waals surface area contributed by atoms with Gasteiger partial charge >= 0.3 is 0 Å². The van der Waals surface area contributed by atoms with Gasteiger partial charge < -0.3 is 14.8 Å². The van der Waals surface area contributed by atoms with E-state index in [0.29, 0.717) is 6.04 Å². The summed E-state index contributed by atoms with van der Waals surface area (Å²) in [5.74, 6) is 0.920. The lowest BCUT2D eigenvalue weighted by molar-refractivity contribution is 0.181. The van der Waals surface area contributed by atoms with Crippen molar-refractivity contribution < 1.29 is 9.47 Å². The zero-order valence-electron chi connectivity index (χ0n) is 12.4. The van der Waals surface area contributed by atoms with Crippen LogP contribution in [0.1, 0.15) is 31.7 Å². The van der Waals surface area contributed by atoms with Gasteiger partial charge in [0.05, 0.1) is 7.11 Å². The highest BCUT2D eigenvalue weighted by atomic mass is 16.5. The summed E-state index contributed by atoms with van der Waals surface area (Å²) in [5.41, 5.74) is 1.36. The Morgan fingerprint density at radius 3 is 2.42 bits per heavy atom. The van der Waals surface area contributed by atoms with Crippen molar-refractivity contribution in [3.05, 3.63) is 29.8 Å². The number of aryl methyl sites for hydroxylation is 1. The summed E-state index contributed by atoms with van der Waals surface area (Å²) < 4.78 is 10.4. The maximum absolute atomic E-state index is 5.18. The van der Waals surface area contributed by atoms with E-state index >= 15 is 0 Å². The van der Waals surface area contributed by atoms with Crippen LogP contribution in [0.3, 0.4) is 0 Å². The van der Waals surface area contributed by atoms with Crippen LogP contribution >= 0.6 is 0 Å². The molecular weight excluding hydrogens is 238 g/mol. The highest BCUT2D eigenvalue weighted by Crippen LogP contribution is 2.14. The van der Waals surface area contributed by atoms with Gasteiger partial charge in [0.2, 0.25) is 0 Å². The first-order valence-corrected chi connectivity index (χ1v) is 7.15. The minimum atomic E-state index is 0.544. The zero-order chi connectivity index (χ0) is 13.9. The van der Waals surface area contributed by atoms with Crippen LogP contribution in [0.25, 0.3) is 0 Å². The van der Waals surface area contributed by atoms with E-state index < -0.39 is 0 Å². The molecule has 0 aliphatic carbocycles. The average Bonchev–Trinajstić information content (AvgIpc) is 2.47. The summed E-state index contributed by atoms with van der Waals surface area (Å²) in [6, 6.07) is 8.89. The summed E-state index contributed by atoms with van der Waals surface area (Å²) in [4.78, 5) is 0. The van der Waals surface area contributed by atoms with Crippen molar-refractivity contribution in [3.8, 4) is 5.75 Å². The Hall–Kier alpha value is -1.06. The molecule has 1 atom stereocenters. The molecule has 19 heavy (non-hydrogen) atoms. The lowest BCUT2D eigenvalue weighted by atomic mass is 10.0. The third-order valence-corrected chi connectivity index (χ3v) is 3.29. The molecule has 0 aliphatic rings. The molecule has 0 spiro atoms. The SMILES string of the molecule is CCCNC(CCOC)CCc1ccc(OC)cc1. The fraction of sp³-hybridized carbons (Fsp3) is 0.625. The Bertz CT molecular complexity index is 316. The molecule has 0 aliphatic heterocycles. The number of ether oxygens (including phenoxy) is 2. The maximum atomic E-state index is 5.18. The predicted octanol–water partition coefficient (Wildman–Crippen LogP) is 3.03. The van der Waals surface area contributed by atoms with E-state index in [1.807, 2.05) is 12.1 Å². The van der Waals surface area contributed by atoms with Crippen LogP contribution in [0.15, 0.2) is 24.3 Å². The Labute approximate surface area is 117 Å². The molecular formula is C16H27NO2. The number of benzene rings is 1. The van der Waals surface area contributed by atoms with Crippen molar-refractivity contribution in [1.82, 2.24) is 5.32 Å². The first-order valence-electron chi connectivity index (χ1n) is 7.15. The zero-order valence-corrected chi connectivity index (χ0v) is 12.4. The van der Waals surface area contributed by atoms with Crippen LogP contribution in [0, 0.1) is 0 Å². The van der Waals surface area contributed by atoms with Gasteiger partial charge in [-0.15, -0.1) is 0 Å². The highest BCUT2D eigenvalue weighted by Gasteiger charge is 2.07. The van der Waals surface area contributed by atoms with Crippen molar-refractivity contribution in [2.24, 2.45) is 0 Å². The molecule has 0 fully saturated rings. The van der Waals surface area contributed by atoms with E-state index in [-0.39, 0.29) is 0 Å². The van der Waals surface area contributed by atoms with E-state index in [0.717, 1.165) is 38.2 Å². The molecule has 0 radical (unpaired) electrons. The molecule has 0 amide bonds. The van der Waals surface area contributed by atoms with Crippen LogP contribution < -0.4 is 10.1 Å². The van der Waals surface area contributed by atoms with Crippen LogP contribution in [0.2, 0.25) is 0 Å². The molecule has 1 aromatic carbocycles. The van der Waals surface area contributed by atoms with E-state index in [4.69, 9.17) is 9.47 Å². The minimum Gasteiger partial charge on any atom is -0.497 e. The highest BCUT2D eigenvalue weighted by molar-refractivity contribution is 5.27. The second-order valence-corrected chi connectivity index (χ2v) is 4.82. The van der Waals surface area contributed by atoms with Gasteiger partial charge in [0.1, 0.15) is 5.75 Å². The molecule has 3 nitrogen and oxygen atoms in total. The Morgan fingerprint density at radius 1 is 1.11 bits per heavy atom. The maximum Gasteiger partial charge on any atom is 0.118 e. The molecule has 0 bridgehead atoms. The lowest BCUT2D eigenvalue weighted by Gasteiger charge is -2.18. The van der Waals surface area contributed by atoms with Crippen molar-refractivity contribution in [1.29, 1.82) is 0 Å². The summed E-state index contributed by atoms with van der Waals surface area (Å²) in [6.07, 6.45) is 4.49. The Kier molecular flexibility index (Phi) is 8.26. The van der Waals surface area contributed by atoms with Gasteiger partial charge in [-0.2, -0.15) is 0 Å². The number of hydrogen-bond donors (Lipinski definition) is 1. The van der Waals surface area contributed by atoms with Crippen LogP contribution in [-0.2, 0) is 11.2 Å². The fourth-order valence-corrected chi connectivity index (χ4v) is 2.09. The van der Waals surface area contributed by atoms with Gasteiger partial charge in [0.25, 0.3) is 0 Å². The number of methoxy groups -OCH3 is 2. The number of rotatable bonds is 10. The van der Waals surface area contributed by atoms with Gasteiger partial charge in [0, 0.05) is 19.8 Å². The first kappa shape index (κ1) is 16.0. The van der Waals surface area contributed by atoms with E-state index in [1.165, 1.54) is 12.0 Å². The second-order valence-electron chi connectivity index (χ2n) is 4.82. The Balaban J connectivity index is 2.39. The second kappa shape index (κ2) is 9.82. The topological polar surface area (TPSA) is 30.5 Å². The smallest absolute Gasteiger partial charge is 0.118 e. The van der Waals surface area contributed by atoms with Crippen LogP contribution in [0.5, 0.6) is 5.75 Å². The van der Waals surface area contributed by atoms with Crippen molar-refractivity contribution >= 4 is 0 Å². The Morgan fingerprint density at radius 2 is 1.84 bits per heavy atom. The van der Waals surface area contributed by atoms with E-state index in [2.05, 4.69) is 24.4 Å². The quantitative estimate of drug-likeness (QED) is 0.705. The van der Waals surface area contributed by atoms with Gasteiger partial charge in [-0.25, -0.2) is 0 Å². The third-order valence-electron chi connectivity index (χ3n) is 3.29. The van der Waals surface area contributed by atoms with Crippen molar-refractivity contribution in [2.45, 2.75) is 38.6 Å². The first-order chi connectivity index (χ1) is 9.30. The minimum absolute atomic E-state index is 0.544. The predicted molar refractivity (Wildman–Crippen MR) is 79.9 cm³/mol. The van der Waals surface area contributed by atoms with Crippen LogP contribution in [-0.4, -0.2) is 33.4 Å². The van der Waals surface area contributed by atoms with E-state index in [1.54, 1.807) is 14.2 Å². The summed E-state index contributed by atoms with van der Waals surface area (Å²) in [6.45, 7) is 4.10. The summed E-state index contributed by atoms with van der Waals surface area (Å²) in [5, 5.41) is 3.59. The molecule has 0 saturated heterocycles. The van der Waals surface area contributed by atoms with Crippen LogP contribution in [0.4, 0.5) is 0 Å². The van der Waals surface area contributed by atoms with Crippen molar-refractivity contribution in [2.75, 3.05) is 27.4 Å². The third kappa shape index (κ3) is 6.60. The molecule has 108 valence electrons.